The molecule has 4 rings (SSSR count). The van der Waals surface area contributed by atoms with Crippen molar-refractivity contribution in [1.29, 1.82) is 0 Å². The molecule has 0 unspecified atom stereocenters. The topological polar surface area (TPSA) is 63.6 Å². The summed E-state index contributed by atoms with van der Waals surface area (Å²) in [7, 11) is 7.30. The van der Waals surface area contributed by atoms with E-state index in [-0.39, 0.29) is 6.04 Å². The Kier molecular flexibility index (Phi) is 6.85. The van der Waals surface area contributed by atoms with E-state index in [1.54, 1.807) is 14.2 Å². The first-order chi connectivity index (χ1) is 15.6. The molecule has 0 amide bonds. The SMILES string of the molecule is COc1ccc(CN2CCCC[C@@H]2c2nc(N(C)C)ncc2-c2ccncc2)cc1OC. The van der Waals surface area contributed by atoms with Crippen LogP contribution in [0.1, 0.15) is 36.6 Å². The second-order valence-corrected chi connectivity index (χ2v) is 8.27. The van der Waals surface area contributed by atoms with Gasteiger partial charge in [0.1, 0.15) is 0 Å². The summed E-state index contributed by atoms with van der Waals surface area (Å²) < 4.78 is 10.9. The number of pyridine rings is 1. The summed E-state index contributed by atoms with van der Waals surface area (Å²) >= 11 is 0. The maximum atomic E-state index is 5.52. The van der Waals surface area contributed by atoms with Gasteiger partial charge >= 0.3 is 0 Å². The molecule has 1 aliphatic rings. The number of rotatable bonds is 7. The minimum absolute atomic E-state index is 0.210. The van der Waals surface area contributed by atoms with E-state index in [0.717, 1.165) is 53.8 Å². The Morgan fingerprint density at radius 2 is 1.81 bits per heavy atom. The first kappa shape index (κ1) is 22.0. The highest BCUT2D eigenvalue weighted by Gasteiger charge is 2.28. The maximum Gasteiger partial charge on any atom is 0.225 e. The summed E-state index contributed by atoms with van der Waals surface area (Å²) in [4.78, 5) is 18.3. The summed E-state index contributed by atoms with van der Waals surface area (Å²) in [6.45, 7) is 1.85. The van der Waals surface area contributed by atoms with Crippen molar-refractivity contribution >= 4 is 5.95 Å². The summed E-state index contributed by atoms with van der Waals surface area (Å²) in [5, 5.41) is 0. The van der Waals surface area contributed by atoms with Crippen LogP contribution in [0.2, 0.25) is 0 Å². The highest BCUT2D eigenvalue weighted by molar-refractivity contribution is 5.66. The van der Waals surface area contributed by atoms with Gasteiger partial charge in [-0.2, -0.15) is 0 Å². The van der Waals surface area contributed by atoms with E-state index in [1.165, 1.54) is 18.4 Å². The van der Waals surface area contributed by atoms with Gasteiger partial charge in [0.15, 0.2) is 11.5 Å². The third kappa shape index (κ3) is 4.67. The van der Waals surface area contributed by atoms with Crippen molar-refractivity contribution in [1.82, 2.24) is 19.9 Å². The van der Waals surface area contributed by atoms with Crippen LogP contribution >= 0.6 is 0 Å². The lowest BCUT2D eigenvalue weighted by molar-refractivity contribution is 0.137. The number of nitrogens with zero attached hydrogens (tertiary/aromatic N) is 5. The van der Waals surface area contributed by atoms with Gasteiger partial charge in [-0.05, 0) is 54.8 Å². The monoisotopic (exact) mass is 433 g/mol. The second kappa shape index (κ2) is 9.96. The molecule has 1 saturated heterocycles. The number of benzene rings is 1. The first-order valence-electron chi connectivity index (χ1n) is 11.0. The Hall–Kier alpha value is -3.19. The molecule has 7 nitrogen and oxygen atoms in total. The molecule has 0 saturated carbocycles. The average Bonchev–Trinajstić information content (AvgIpc) is 2.84. The molecule has 1 atom stereocenters. The molecule has 32 heavy (non-hydrogen) atoms. The molecule has 1 aromatic carbocycles. The molecule has 0 bridgehead atoms. The van der Waals surface area contributed by atoms with Gasteiger partial charge in [-0.15, -0.1) is 0 Å². The quantitative estimate of drug-likeness (QED) is 0.549. The van der Waals surface area contributed by atoms with E-state index < -0.39 is 0 Å². The van der Waals surface area contributed by atoms with E-state index >= 15 is 0 Å². The predicted octanol–water partition coefficient (Wildman–Crippen LogP) is 4.35. The number of anilines is 1. The molecule has 168 valence electrons. The summed E-state index contributed by atoms with van der Waals surface area (Å²) in [6.07, 6.45) is 9.03. The highest BCUT2D eigenvalue weighted by Crippen LogP contribution is 2.37. The normalized spacial score (nSPS) is 16.6. The Balaban J connectivity index is 1.71. The number of methoxy groups -OCH3 is 2. The van der Waals surface area contributed by atoms with Crippen LogP contribution in [0.5, 0.6) is 11.5 Å². The van der Waals surface area contributed by atoms with E-state index in [4.69, 9.17) is 14.5 Å². The number of likely N-dealkylation sites (tertiary alicyclic amines) is 1. The molecule has 1 fully saturated rings. The number of ether oxygens (including phenoxy) is 2. The van der Waals surface area contributed by atoms with Gasteiger partial charge in [-0.25, -0.2) is 9.97 Å². The lowest BCUT2D eigenvalue weighted by atomic mass is 9.93. The van der Waals surface area contributed by atoms with Crippen molar-refractivity contribution < 1.29 is 9.47 Å². The second-order valence-electron chi connectivity index (χ2n) is 8.27. The number of piperidine rings is 1. The van der Waals surface area contributed by atoms with Crippen LogP contribution in [0.25, 0.3) is 11.1 Å². The summed E-state index contributed by atoms with van der Waals surface area (Å²) in [5.41, 5.74) is 4.44. The van der Waals surface area contributed by atoms with Crippen molar-refractivity contribution in [3.8, 4) is 22.6 Å². The van der Waals surface area contributed by atoms with Gasteiger partial charge in [0.25, 0.3) is 0 Å². The molecule has 0 spiro atoms. The minimum atomic E-state index is 0.210. The number of hydrogen-bond donors (Lipinski definition) is 0. The van der Waals surface area contributed by atoms with Gasteiger partial charge < -0.3 is 14.4 Å². The zero-order chi connectivity index (χ0) is 22.5. The molecule has 0 aliphatic carbocycles. The van der Waals surface area contributed by atoms with Crippen LogP contribution in [0.4, 0.5) is 5.95 Å². The molecule has 0 radical (unpaired) electrons. The van der Waals surface area contributed by atoms with Crippen molar-refractivity contribution in [2.75, 3.05) is 39.8 Å². The van der Waals surface area contributed by atoms with Gasteiger partial charge in [-0.3, -0.25) is 9.88 Å². The van der Waals surface area contributed by atoms with Crippen molar-refractivity contribution in [3.63, 3.8) is 0 Å². The summed E-state index contributed by atoms with van der Waals surface area (Å²) in [5.74, 6) is 2.24. The average molecular weight is 434 g/mol. The Labute approximate surface area is 190 Å². The molecule has 3 heterocycles. The van der Waals surface area contributed by atoms with Crippen molar-refractivity contribution in [2.24, 2.45) is 0 Å². The Morgan fingerprint density at radius 3 is 2.53 bits per heavy atom. The van der Waals surface area contributed by atoms with E-state index in [0.29, 0.717) is 0 Å². The number of aromatic nitrogens is 3. The van der Waals surface area contributed by atoms with Crippen LogP contribution in [0.3, 0.4) is 0 Å². The van der Waals surface area contributed by atoms with Crippen LogP contribution < -0.4 is 14.4 Å². The largest absolute Gasteiger partial charge is 0.493 e. The van der Waals surface area contributed by atoms with Gasteiger partial charge in [0.2, 0.25) is 5.95 Å². The zero-order valence-electron chi connectivity index (χ0n) is 19.3. The molecular weight excluding hydrogens is 402 g/mol. The van der Waals surface area contributed by atoms with E-state index in [9.17, 15) is 0 Å². The molecular formula is C25H31N5O2. The fourth-order valence-corrected chi connectivity index (χ4v) is 4.31. The smallest absolute Gasteiger partial charge is 0.225 e. The fourth-order valence-electron chi connectivity index (χ4n) is 4.31. The van der Waals surface area contributed by atoms with Crippen LogP contribution in [-0.4, -0.2) is 54.7 Å². The van der Waals surface area contributed by atoms with Gasteiger partial charge in [0.05, 0.1) is 26.0 Å². The van der Waals surface area contributed by atoms with Crippen LogP contribution in [0.15, 0.2) is 48.9 Å². The lowest BCUT2D eigenvalue weighted by Gasteiger charge is -2.36. The first-order valence-corrected chi connectivity index (χ1v) is 11.0. The third-order valence-electron chi connectivity index (χ3n) is 5.96. The van der Waals surface area contributed by atoms with Crippen LogP contribution in [0, 0.1) is 0 Å². The Morgan fingerprint density at radius 1 is 1.03 bits per heavy atom. The van der Waals surface area contributed by atoms with Crippen molar-refractivity contribution in [3.05, 3.63) is 60.2 Å². The zero-order valence-corrected chi connectivity index (χ0v) is 19.3. The fraction of sp³-hybridized carbons (Fsp3) is 0.400. The predicted molar refractivity (Wildman–Crippen MR) is 126 cm³/mol. The molecule has 0 N–H and O–H groups in total. The minimum Gasteiger partial charge on any atom is -0.493 e. The standard InChI is InChI=1S/C25H31N5O2/c1-29(2)25-27-16-20(19-10-12-26-13-11-19)24(28-25)21-7-5-6-14-30(21)17-18-8-9-22(31-3)23(15-18)32-4/h8-13,15-16,21H,5-7,14,17H2,1-4H3/t21-/m1/s1. The highest BCUT2D eigenvalue weighted by atomic mass is 16.5. The van der Waals surface area contributed by atoms with E-state index in [2.05, 4.69) is 27.0 Å². The van der Waals surface area contributed by atoms with Crippen LogP contribution in [-0.2, 0) is 6.54 Å². The molecule has 3 aromatic rings. The Bertz CT molecular complexity index is 1040. The van der Waals surface area contributed by atoms with Gasteiger partial charge in [0, 0.05) is 44.8 Å². The number of hydrogen-bond acceptors (Lipinski definition) is 7. The van der Waals surface area contributed by atoms with Gasteiger partial charge in [-0.1, -0.05) is 12.5 Å². The molecule has 1 aliphatic heterocycles. The van der Waals surface area contributed by atoms with E-state index in [1.807, 2.05) is 55.8 Å². The summed E-state index contributed by atoms with van der Waals surface area (Å²) in [6, 6.07) is 10.4. The molecule has 7 heteroatoms. The van der Waals surface area contributed by atoms with Crippen molar-refractivity contribution in [2.45, 2.75) is 31.8 Å². The third-order valence-corrected chi connectivity index (χ3v) is 5.96. The maximum absolute atomic E-state index is 5.52. The molecule has 2 aromatic heterocycles. The lowest BCUT2D eigenvalue weighted by Crippen LogP contribution is -2.34.